The van der Waals surface area contributed by atoms with Crippen LogP contribution >= 0.6 is 35.3 Å². The van der Waals surface area contributed by atoms with Crippen molar-refractivity contribution in [2.45, 2.75) is 25.7 Å². The molecule has 1 aromatic heterocycles. The molecule has 3 rings (SSSR count). The van der Waals surface area contributed by atoms with Crippen LogP contribution in [0.1, 0.15) is 24.8 Å². The Morgan fingerprint density at radius 1 is 1.33 bits per heavy atom. The van der Waals surface area contributed by atoms with E-state index in [1.807, 2.05) is 11.3 Å². The van der Waals surface area contributed by atoms with Gasteiger partial charge in [-0.3, -0.25) is 4.99 Å². The number of hydrogen-bond acceptors (Lipinski definition) is 2. The Balaban J connectivity index is 0.00000161. The molecular formula is C16H22IN3S. The first-order chi connectivity index (χ1) is 9.83. The molecule has 114 valence electrons. The van der Waals surface area contributed by atoms with Gasteiger partial charge in [0.05, 0.1) is 0 Å². The second-order valence-corrected chi connectivity index (χ2v) is 6.37. The van der Waals surface area contributed by atoms with Gasteiger partial charge in [0.2, 0.25) is 0 Å². The van der Waals surface area contributed by atoms with Gasteiger partial charge in [-0.2, -0.15) is 0 Å². The van der Waals surface area contributed by atoms with Crippen LogP contribution in [-0.2, 0) is 6.42 Å². The highest BCUT2D eigenvalue weighted by atomic mass is 127. The molecule has 1 saturated carbocycles. The van der Waals surface area contributed by atoms with Gasteiger partial charge in [-0.05, 0) is 47.6 Å². The molecule has 5 heteroatoms. The Bertz CT molecular complexity index is 604. The molecule has 0 aliphatic heterocycles. The lowest BCUT2D eigenvalue weighted by atomic mass is 9.86. The summed E-state index contributed by atoms with van der Waals surface area (Å²) in [5.74, 6) is 1.37. The van der Waals surface area contributed by atoms with Crippen LogP contribution in [0.5, 0.6) is 0 Å². The third-order valence-electron chi connectivity index (χ3n) is 4.01. The fourth-order valence-electron chi connectivity index (χ4n) is 2.51. The average Bonchev–Trinajstić information content (AvgIpc) is 2.81. The Labute approximate surface area is 147 Å². The van der Waals surface area contributed by atoms with Crippen molar-refractivity contribution in [3.8, 4) is 0 Å². The minimum atomic E-state index is 0. The van der Waals surface area contributed by atoms with Crippen molar-refractivity contribution in [3.05, 3.63) is 35.2 Å². The Morgan fingerprint density at radius 3 is 2.90 bits per heavy atom. The van der Waals surface area contributed by atoms with Crippen molar-refractivity contribution in [1.82, 2.24) is 5.32 Å². The summed E-state index contributed by atoms with van der Waals surface area (Å²) >= 11 is 1.81. The van der Waals surface area contributed by atoms with Crippen LogP contribution in [0, 0.1) is 5.92 Å². The summed E-state index contributed by atoms with van der Waals surface area (Å²) in [6.45, 7) is 1.74. The number of aliphatic imine (C=N–C) groups is 1. The fourth-order valence-corrected chi connectivity index (χ4v) is 3.51. The molecule has 3 nitrogen and oxygen atoms in total. The smallest absolute Gasteiger partial charge is 0.188 e. The van der Waals surface area contributed by atoms with Crippen molar-refractivity contribution in [3.63, 3.8) is 0 Å². The van der Waals surface area contributed by atoms with Gasteiger partial charge in [-0.25, -0.2) is 0 Å². The van der Waals surface area contributed by atoms with E-state index >= 15 is 0 Å². The lowest BCUT2D eigenvalue weighted by Gasteiger charge is -2.23. The molecule has 1 aliphatic rings. The van der Waals surface area contributed by atoms with Crippen LogP contribution in [0.2, 0.25) is 0 Å². The average molecular weight is 415 g/mol. The summed E-state index contributed by atoms with van der Waals surface area (Å²) in [7, 11) is 0. The number of nitrogens with two attached hydrogens (primary N) is 1. The highest BCUT2D eigenvalue weighted by Crippen LogP contribution is 2.26. The summed E-state index contributed by atoms with van der Waals surface area (Å²) in [5, 5.41) is 6.83. The third kappa shape index (κ3) is 4.32. The number of nitrogens with one attached hydrogen (secondary N) is 1. The Hall–Kier alpha value is -0.820. The summed E-state index contributed by atoms with van der Waals surface area (Å²) in [6, 6.07) is 8.55. The molecule has 0 amide bonds. The van der Waals surface area contributed by atoms with E-state index in [-0.39, 0.29) is 24.0 Å². The molecule has 1 aromatic carbocycles. The second kappa shape index (κ2) is 7.98. The first-order valence-corrected chi connectivity index (χ1v) is 8.20. The number of guanidine groups is 1. The molecule has 1 heterocycles. The van der Waals surface area contributed by atoms with Crippen LogP contribution in [0.15, 0.2) is 34.6 Å². The molecule has 0 radical (unpaired) electrons. The predicted octanol–water partition coefficient (Wildman–Crippen LogP) is 3.77. The maximum absolute atomic E-state index is 5.89. The zero-order valence-electron chi connectivity index (χ0n) is 12.0. The molecule has 3 N–H and O–H groups in total. The normalized spacial score (nSPS) is 15.5. The SMILES string of the molecule is I.NC(=NCC1CCC1)NCCc1csc2ccccc12. The predicted molar refractivity (Wildman–Crippen MR) is 103 cm³/mol. The van der Waals surface area contributed by atoms with Gasteiger partial charge in [-0.1, -0.05) is 24.6 Å². The first kappa shape index (κ1) is 16.5. The zero-order valence-corrected chi connectivity index (χ0v) is 15.2. The van der Waals surface area contributed by atoms with Crippen LogP contribution in [0.25, 0.3) is 10.1 Å². The third-order valence-corrected chi connectivity index (χ3v) is 5.02. The lowest BCUT2D eigenvalue weighted by molar-refractivity contribution is 0.326. The van der Waals surface area contributed by atoms with Crippen molar-refractivity contribution >= 4 is 51.4 Å². The van der Waals surface area contributed by atoms with Gasteiger partial charge in [0.1, 0.15) is 0 Å². The van der Waals surface area contributed by atoms with E-state index < -0.39 is 0 Å². The second-order valence-electron chi connectivity index (χ2n) is 5.46. The summed E-state index contributed by atoms with van der Waals surface area (Å²) < 4.78 is 1.36. The number of fused-ring (bicyclic) bond motifs is 1. The minimum Gasteiger partial charge on any atom is -0.370 e. The monoisotopic (exact) mass is 415 g/mol. The van der Waals surface area contributed by atoms with E-state index in [0.29, 0.717) is 5.96 Å². The van der Waals surface area contributed by atoms with Gasteiger partial charge in [0.15, 0.2) is 5.96 Å². The number of hydrogen-bond donors (Lipinski definition) is 2. The van der Waals surface area contributed by atoms with Crippen LogP contribution in [0.4, 0.5) is 0 Å². The molecular weight excluding hydrogens is 393 g/mol. The summed E-state index contributed by atoms with van der Waals surface area (Å²) in [6.07, 6.45) is 4.98. The number of nitrogens with zero attached hydrogens (tertiary/aromatic N) is 1. The zero-order chi connectivity index (χ0) is 13.8. The minimum absolute atomic E-state index is 0. The molecule has 0 bridgehead atoms. The highest BCUT2D eigenvalue weighted by Gasteiger charge is 2.16. The van der Waals surface area contributed by atoms with Crippen LogP contribution in [-0.4, -0.2) is 19.0 Å². The maximum atomic E-state index is 5.89. The van der Waals surface area contributed by atoms with Gasteiger partial charge >= 0.3 is 0 Å². The standard InChI is InChI=1S/C16H21N3S.HI/c17-16(19-10-12-4-3-5-12)18-9-8-13-11-20-15-7-2-1-6-14(13)15;/h1-2,6-7,11-12H,3-5,8-10H2,(H3,17,18,19);1H. The first-order valence-electron chi connectivity index (χ1n) is 7.32. The number of rotatable bonds is 5. The largest absolute Gasteiger partial charge is 0.370 e. The van der Waals surface area contributed by atoms with E-state index in [1.54, 1.807) is 0 Å². The molecule has 0 unspecified atom stereocenters. The molecule has 1 fully saturated rings. The number of halogens is 1. The van der Waals surface area contributed by atoms with E-state index in [0.717, 1.165) is 25.4 Å². The van der Waals surface area contributed by atoms with Gasteiger partial charge in [0.25, 0.3) is 0 Å². The van der Waals surface area contributed by atoms with E-state index in [2.05, 4.69) is 40.0 Å². The molecule has 2 aromatic rings. The van der Waals surface area contributed by atoms with Gasteiger partial charge in [-0.15, -0.1) is 35.3 Å². The number of thiophene rings is 1. The highest BCUT2D eigenvalue weighted by molar-refractivity contribution is 14.0. The quantitative estimate of drug-likeness (QED) is 0.444. The molecule has 0 spiro atoms. The van der Waals surface area contributed by atoms with Crippen molar-refractivity contribution in [2.75, 3.05) is 13.1 Å². The van der Waals surface area contributed by atoms with Crippen molar-refractivity contribution in [2.24, 2.45) is 16.6 Å². The fraction of sp³-hybridized carbons (Fsp3) is 0.438. The van der Waals surface area contributed by atoms with E-state index in [4.69, 9.17) is 5.73 Å². The Morgan fingerprint density at radius 2 is 2.14 bits per heavy atom. The molecule has 0 saturated heterocycles. The number of benzene rings is 1. The van der Waals surface area contributed by atoms with Crippen molar-refractivity contribution < 1.29 is 0 Å². The summed E-state index contributed by atoms with van der Waals surface area (Å²) in [5.41, 5.74) is 7.29. The maximum Gasteiger partial charge on any atom is 0.188 e. The van der Waals surface area contributed by atoms with Crippen LogP contribution in [0.3, 0.4) is 0 Å². The summed E-state index contributed by atoms with van der Waals surface area (Å²) in [4.78, 5) is 4.41. The van der Waals surface area contributed by atoms with E-state index in [9.17, 15) is 0 Å². The van der Waals surface area contributed by atoms with Crippen molar-refractivity contribution in [1.29, 1.82) is 0 Å². The van der Waals surface area contributed by atoms with E-state index in [1.165, 1.54) is 34.9 Å². The molecule has 1 aliphatic carbocycles. The van der Waals surface area contributed by atoms with Gasteiger partial charge < -0.3 is 11.1 Å². The van der Waals surface area contributed by atoms with Crippen LogP contribution < -0.4 is 11.1 Å². The lowest BCUT2D eigenvalue weighted by Crippen LogP contribution is -2.34. The van der Waals surface area contributed by atoms with Gasteiger partial charge in [0, 0.05) is 17.8 Å². The Kier molecular flexibility index (Phi) is 6.29. The molecule has 21 heavy (non-hydrogen) atoms. The topological polar surface area (TPSA) is 50.4 Å². The molecule has 0 atom stereocenters.